The molecule has 1 heterocycles. The van der Waals surface area contributed by atoms with Crippen molar-refractivity contribution in [2.24, 2.45) is 0 Å². The van der Waals surface area contributed by atoms with Crippen molar-refractivity contribution in [2.75, 3.05) is 0 Å². The Labute approximate surface area is 108 Å². The number of nitrogens with zero attached hydrogens (tertiary/aromatic N) is 3. The second-order valence-electron chi connectivity index (χ2n) is 2.84. The van der Waals surface area contributed by atoms with E-state index in [1.54, 1.807) is 0 Å². The third-order valence-electron chi connectivity index (χ3n) is 1.92. The number of benzene rings is 1. The fourth-order valence-corrected chi connectivity index (χ4v) is 2.05. The maximum atomic E-state index is 13.8. The van der Waals surface area contributed by atoms with Crippen molar-refractivity contribution in [2.45, 2.75) is 0 Å². The predicted molar refractivity (Wildman–Crippen MR) is 61.9 cm³/mol. The summed E-state index contributed by atoms with van der Waals surface area (Å²) in [6.45, 7) is 0. The molecule has 16 heavy (non-hydrogen) atoms. The summed E-state index contributed by atoms with van der Waals surface area (Å²) < 4.78 is 13.8. The molecule has 2 aromatic rings. The molecule has 3 nitrogen and oxygen atoms in total. The van der Waals surface area contributed by atoms with Crippen LogP contribution in [0.3, 0.4) is 0 Å². The Kier molecular flexibility index (Phi) is 2.98. The Morgan fingerprint density at radius 2 is 2.06 bits per heavy atom. The summed E-state index contributed by atoms with van der Waals surface area (Å²) in [5.74, 6) is -0.680. The van der Waals surface area contributed by atoms with Gasteiger partial charge in [0.1, 0.15) is 16.7 Å². The molecule has 0 aliphatic heterocycles. The van der Waals surface area contributed by atoms with Crippen LogP contribution >= 0.6 is 39.1 Å². The minimum Gasteiger partial charge on any atom is -0.215 e. The fraction of sp³-hybridized carbons (Fsp3) is 0. The molecule has 0 bridgehead atoms. The Balaban J connectivity index is 3.00. The van der Waals surface area contributed by atoms with Crippen molar-refractivity contribution in [3.63, 3.8) is 0 Å². The highest BCUT2D eigenvalue weighted by molar-refractivity contribution is 9.10. The first-order valence-electron chi connectivity index (χ1n) is 3.95. The van der Waals surface area contributed by atoms with Crippen LogP contribution in [0.1, 0.15) is 5.56 Å². The lowest BCUT2D eigenvalue weighted by Gasteiger charge is -2.04. The van der Waals surface area contributed by atoms with E-state index in [1.165, 1.54) is 6.07 Å². The van der Waals surface area contributed by atoms with E-state index in [4.69, 9.17) is 28.5 Å². The first kappa shape index (κ1) is 11.5. The van der Waals surface area contributed by atoms with Crippen molar-refractivity contribution in [1.29, 1.82) is 5.26 Å². The predicted octanol–water partition coefficient (Wildman–Crippen LogP) is 3.71. The second-order valence-corrected chi connectivity index (χ2v) is 4.33. The molecule has 7 heteroatoms. The van der Waals surface area contributed by atoms with E-state index < -0.39 is 5.82 Å². The van der Waals surface area contributed by atoms with Gasteiger partial charge in [-0.1, -0.05) is 11.6 Å². The van der Waals surface area contributed by atoms with Crippen molar-refractivity contribution >= 4 is 50.0 Å². The monoisotopic (exact) mass is 319 g/mol. The van der Waals surface area contributed by atoms with Crippen LogP contribution in [0.4, 0.5) is 4.39 Å². The van der Waals surface area contributed by atoms with Gasteiger partial charge in [-0.15, -0.1) is 0 Å². The van der Waals surface area contributed by atoms with Gasteiger partial charge in [-0.3, -0.25) is 0 Å². The van der Waals surface area contributed by atoms with E-state index in [-0.39, 0.29) is 31.4 Å². The number of hydrogen-bond donors (Lipinski definition) is 0. The van der Waals surface area contributed by atoms with Crippen molar-refractivity contribution in [1.82, 2.24) is 9.97 Å². The van der Waals surface area contributed by atoms with Gasteiger partial charge >= 0.3 is 0 Å². The number of aromatic nitrogens is 2. The topological polar surface area (TPSA) is 49.6 Å². The molecule has 0 saturated heterocycles. The summed E-state index contributed by atoms with van der Waals surface area (Å²) in [4.78, 5) is 7.40. The number of nitriles is 1. The zero-order valence-corrected chi connectivity index (χ0v) is 10.5. The van der Waals surface area contributed by atoms with E-state index in [2.05, 4.69) is 25.9 Å². The molecular formula is C9HBrCl2FN3. The smallest absolute Gasteiger partial charge is 0.215 e. The standard InChI is InChI=1S/C9HBrCl2FN3/c10-5-3(2-14)1-4-7(6(5)13)15-9(12)16-8(4)11/h1H. The second kappa shape index (κ2) is 4.13. The largest absolute Gasteiger partial charge is 0.224 e. The van der Waals surface area contributed by atoms with Gasteiger partial charge in [-0.05, 0) is 33.6 Å². The van der Waals surface area contributed by atoms with Gasteiger partial charge in [0.25, 0.3) is 0 Å². The van der Waals surface area contributed by atoms with E-state index in [1.807, 2.05) is 6.07 Å². The summed E-state index contributed by atoms with van der Waals surface area (Å²) in [7, 11) is 0. The molecule has 0 unspecified atom stereocenters. The van der Waals surface area contributed by atoms with Gasteiger partial charge < -0.3 is 0 Å². The van der Waals surface area contributed by atoms with Crippen LogP contribution in [0.5, 0.6) is 0 Å². The summed E-state index contributed by atoms with van der Waals surface area (Å²) >= 11 is 14.3. The van der Waals surface area contributed by atoms with Crippen LogP contribution in [0.15, 0.2) is 10.5 Å². The van der Waals surface area contributed by atoms with Crippen LogP contribution in [-0.4, -0.2) is 9.97 Å². The van der Waals surface area contributed by atoms with Crippen molar-refractivity contribution < 1.29 is 4.39 Å². The molecule has 0 fully saturated rings. The number of rotatable bonds is 0. The zero-order valence-electron chi connectivity index (χ0n) is 7.43. The molecule has 0 spiro atoms. The molecule has 0 N–H and O–H groups in total. The molecule has 1 aromatic carbocycles. The van der Waals surface area contributed by atoms with E-state index in [9.17, 15) is 4.39 Å². The lowest BCUT2D eigenvalue weighted by Crippen LogP contribution is -1.93. The van der Waals surface area contributed by atoms with Crippen molar-refractivity contribution in [3.8, 4) is 6.07 Å². The first-order valence-corrected chi connectivity index (χ1v) is 5.50. The average Bonchev–Trinajstić information content (AvgIpc) is 2.24. The molecule has 0 amide bonds. The molecule has 0 aliphatic carbocycles. The minimum atomic E-state index is -0.680. The summed E-state index contributed by atoms with van der Waals surface area (Å²) in [5.41, 5.74) is 0.105. The SMILES string of the molecule is N#Cc1cc2c(Cl)nc(Cl)nc2c(F)c1Br. The fourth-order valence-electron chi connectivity index (χ4n) is 1.22. The quantitative estimate of drug-likeness (QED) is 0.549. The summed E-state index contributed by atoms with van der Waals surface area (Å²) in [6, 6.07) is 3.24. The molecule has 0 aliphatic rings. The van der Waals surface area contributed by atoms with Gasteiger partial charge in [0.2, 0.25) is 5.28 Å². The average molecular weight is 321 g/mol. The normalized spacial score (nSPS) is 10.4. The highest BCUT2D eigenvalue weighted by Crippen LogP contribution is 2.31. The van der Waals surface area contributed by atoms with Crippen LogP contribution in [0.2, 0.25) is 10.4 Å². The summed E-state index contributed by atoms with van der Waals surface area (Å²) in [6.07, 6.45) is 0. The van der Waals surface area contributed by atoms with Gasteiger partial charge in [-0.2, -0.15) is 5.26 Å². The molecule has 2 rings (SSSR count). The van der Waals surface area contributed by atoms with Gasteiger partial charge in [0.05, 0.1) is 10.0 Å². The van der Waals surface area contributed by atoms with Gasteiger partial charge in [0, 0.05) is 5.39 Å². The first-order chi connectivity index (χ1) is 7.54. The zero-order chi connectivity index (χ0) is 11.9. The van der Waals surface area contributed by atoms with Crippen LogP contribution in [0, 0.1) is 17.1 Å². The maximum absolute atomic E-state index is 13.8. The minimum absolute atomic E-state index is 0.0119. The van der Waals surface area contributed by atoms with Crippen LogP contribution < -0.4 is 0 Å². The Hall–Kier alpha value is -0.960. The van der Waals surface area contributed by atoms with E-state index in [0.717, 1.165) is 0 Å². The highest BCUT2D eigenvalue weighted by atomic mass is 79.9. The molecule has 1 aromatic heterocycles. The van der Waals surface area contributed by atoms with Gasteiger partial charge in [0.15, 0.2) is 5.82 Å². The molecule has 80 valence electrons. The Morgan fingerprint density at radius 1 is 1.38 bits per heavy atom. The van der Waals surface area contributed by atoms with E-state index in [0.29, 0.717) is 0 Å². The maximum Gasteiger partial charge on any atom is 0.224 e. The Morgan fingerprint density at radius 3 is 2.69 bits per heavy atom. The lowest BCUT2D eigenvalue weighted by atomic mass is 10.1. The van der Waals surface area contributed by atoms with Crippen molar-refractivity contribution in [3.05, 3.63) is 32.4 Å². The molecular weight excluding hydrogens is 320 g/mol. The number of fused-ring (bicyclic) bond motifs is 1. The lowest BCUT2D eigenvalue weighted by molar-refractivity contribution is 0.629. The summed E-state index contributed by atoms with van der Waals surface area (Å²) in [5, 5.41) is 8.91. The molecule has 0 atom stereocenters. The van der Waals surface area contributed by atoms with E-state index >= 15 is 0 Å². The van der Waals surface area contributed by atoms with Crippen LogP contribution in [-0.2, 0) is 0 Å². The number of hydrogen-bond acceptors (Lipinski definition) is 3. The number of halogens is 4. The third-order valence-corrected chi connectivity index (χ3v) is 3.15. The molecule has 0 radical (unpaired) electrons. The van der Waals surface area contributed by atoms with Crippen LogP contribution in [0.25, 0.3) is 10.9 Å². The Bertz CT molecular complexity index is 639. The third kappa shape index (κ3) is 1.73. The van der Waals surface area contributed by atoms with Gasteiger partial charge in [-0.25, -0.2) is 14.4 Å². The molecule has 0 saturated carbocycles. The highest BCUT2D eigenvalue weighted by Gasteiger charge is 2.15.